The lowest BCUT2D eigenvalue weighted by molar-refractivity contribution is 0.0594. The number of nitrogens with zero attached hydrogens (tertiary/aromatic N) is 1. The fourth-order valence-electron chi connectivity index (χ4n) is 4.73. The summed E-state index contributed by atoms with van der Waals surface area (Å²) in [6, 6.07) is 15.8. The van der Waals surface area contributed by atoms with E-state index in [1.165, 1.54) is 25.3 Å². The zero-order chi connectivity index (χ0) is 33.2. The fraction of sp³-hybridized carbons (Fsp3) is 0.333. The molecule has 0 bridgehead atoms. The first kappa shape index (κ1) is 34.0. The van der Waals surface area contributed by atoms with Crippen molar-refractivity contribution in [1.29, 1.82) is 0 Å². The van der Waals surface area contributed by atoms with Gasteiger partial charge in [-0.1, -0.05) is 37.8 Å². The number of pyridine rings is 1. The number of H-pyrrole nitrogens is 1. The highest BCUT2D eigenvalue weighted by molar-refractivity contribution is 8.08. The Bertz CT molecular complexity index is 2000. The number of hydrogen-bond donors (Lipinski definition) is 2. The average Bonchev–Trinajstić information content (AvgIpc) is 3.21. The third-order valence-electron chi connectivity index (χ3n) is 6.80. The maximum Gasteiger partial charge on any atom is 0.354 e. The molecule has 0 radical (unpaired) electrons. The summed E-state index contributed by atoms with van der Waals surface area (Å²) in [7, 11) is -8.38. The maximum absolute atomic E-state index is 13.4. The van der Waals surface area contributed by atoms with E-state index < -0.39 is 44.5 Å². The molecule has 2 heterocycles. The second-order valence-corrected chi connectivity index (χ2v) is 21.7. The SMILES string of the molecule is COC(=O)c1cc2c(-c3cc(NS(=O)(=O)CS(C)(=O)=O)ccc3Oc3ccccc3)n(COCC[Si](C)(C)C)c(C)c2c(=O)[nH]1. The van der Waals surface area contributed by atoms with E-state index in [-0.39, 0.29) is 18.1 Å². The molecule has 0 unspecified atom stereocenters. The number of nitrogens with one attached hydrogen (secondary N) is 2. The molecule has 2 aromatic carbocycles. The molecule has 15 heteroatoms. The Morgan fingerprint density at radius 3 is 2.33 bits per heavy atom. The number of benzene rings is 2. The van der Waals surface area contributed by atoms with Crippen LogP contribution in [-0.2, 0) is 36.1 Å². The van der Waals surface area contributed by atoms with Crippen LogP contribution >= 0.6 is 0 Å². The quantitative estimate of drug-likeness (QED) is 0.114. The number of anilines is 1. The molecule has 12 nitrogen and oxygen atoms in total. The van der Waals surface area contributed by atoms with Gasteiger partial charge in [0.2, 0.25) is 10.0 Å². The molecule has 0 fully saturated rings. The molecule has 4 aromatic rings. The molecule has 0 aliphatic rings. The van der Waals surface area contributed by atoms with Gasteiger partial charge in [0.1, 0.15) is 23.9 Å². The molecule has 0 atom stereocenters. The van der Waals surface area contributed by atoms with Gasteiger partial charge < -0.3 is 23.8 Å². The highest BCUT2D eigenvalue weighted by Crippen LogP contribution is 2.41. The lowest BCUT2D eigenvalue weighted by Crippen LogP contribution is -2.22. The number of aryl methyl sites for hydroxylation is 1. The molecule has 2 N–H and O–H groups in total. The van der Waals surface area contributed by atoms with Gasteiger partial charge >= 0.3 is 5.97 Å². The molecule has 45 heavy (non-hydrogen) atoms. The van der Waals surface area contributed by atoms with Crippen LogP contribution in [0.1, 0.15) is 16.2 Å². The summed E-state index contributed by atoms with van der Waals surface area (Å²) in [6.45, 7) is 8.96. The number of sulfonamides is 1. The second-order valence-electron chi connectivity index (χ2n) is 11.9. The highest BCUT2D eigenvalue weighted by atomic mass is 32.3. The first-order valence-electron chi connectivity index (χ1n) is 14.0. The largest absolute Gasteiger partial charge is 0.464 e. The number of hydrogen-bond acceptors (Lipinski definition) is 9. The first-order chi connectivity index (χ1) is 21.0. The van der Waals surface area contributed by atoms with Crippen molar-refractivity contribution in [3.63, 3.8) is 0 Å². The van der Waals surface area contributed by atoms with Crippen LogP contribution in [0.25, 0.3) is 22.0 Å². The van der Waals surface area contributed by atoms with Crippen LogP contribution < -0.4 is 15.0 Å². The van der Waals surface area contributed by atoms with Crippen molar-refractivity contribution < 1.29 is 35.8 Å². The zero-order valence-electron chi connectivity index (χ0n) is 26.0. The zero-order valence-corrected chi connectivity index (χ0v) is 28.6. The Morgan fingerprint density at radius 2 is 1.71 bits per heavy atom. The lowest BCUT2D eigenvalue weighted by Gasteiger charge is -2.19. The predicted molar refractivity (Wildman–Crippen MR) is 177 cm³/mol. The van der Waals surface area contributed by atoms with Gasteiger partial charge in [-0.2, -0.15) is 0 Å². The molecule has 0 amide bonds. The summed E-state index contributed by atoms with van der Waals surface area (Å²) in [5, 5.41) is -0.446. The van der Waals surface area contributed by atoms with Crippen molar-refractivity contribution in [3.05, 3.63) is 76.3 Å². The molecule has 0 saturated heterocycles. The van der Waals surface area contributed by atoms with Gasteiger partial charge in [-0.15, -0.1) is 0 Å². The number of ether oxygens (including phenoxy) is 3. The van der Waals surface area contributed by atoms with Crippen molar-refractivity contribution >= 4 is 50.4 Å². The minimum absolute atomic E-state index is 0.0438. The Kier molecular flexibility index (Phi) is 9.97. The number of aromatic nitrogens is 2. The molecule has 242 valence electrons. The molecule has 2 aromatic heterocycles. The minimum atomic E-state index is -4.29. The number of sulfone groups is 1. The second kappa shape index (κ2) is 13.2. The van der Waals surface area contributed by atoms with Crippen LogP contribution in [0, 0.1) is 6.92 Å². The van der Waals surface area contributed by atoms with Crippen molar-refractivity contribution in [2.24, 2.45) is 0 Å². The molecular weight excluding hydrogens is 639 g/mol. The van der Waals surface area contributed by atoms with Gasteiger partial charge in [0.15, 0.2) is 14.9 Å². The molecular formula is C30H37N3O9S2Si. The highest BCUT2D eigenvalue weighted by Gasteiger charge is 2.25. The number of rotatable bonds is 13. The number of aromatic amines is 1. The summed E-state index contributed by atoms with van der Waals surface area (Å²) >= 11 is 0. The van der Waals surface area contributed by atoms with E-state index in [9.17, 15) is 26.4 Å². The number of fused-ring (bicyclic) bond motifs is 1. The van der Waals surface area contributed by atoms with Crippen molar-refractivity contribution in [3.8, 4) is 22.8 Å². The van der Waals surface area contributed by atoms with E-state index in [0.29, 0.717) is 45.8 Å². The standard InChI is InChI=1S/C30H37N3O9S2Si/c1-20-27-24(17-25(30(35)40-2)31-29(27)34)28(33(20)18-41-14-15-45(4,5)6)23-16-21(32-44(38,39)19-43(3,36)37)12-13-26(23)42-22-10-8-7-9-11-22/h7-13,16-17,32H,14-15,18-19H2,1-6H3,(H,31,34). The Hall–Kier alpha value is -3.92. The minimum Gasteiger partial charge on any atom is -0.464 e. The fourth-order valence-corrected chi connectivity index (χ4v) is 8.47. The third kappa shape index (κ3) is 8.63. The monoisotopic (exact) mass is 675 g/mol. The molecule has 0 saturated carbocycles. The summed E-state index contributed by atoms with van der Waals surface area (Å²) in [5.41, 5.74) is 0.768. The van der Waals surface area contributed by atoms with Gasteiger partial charge in [-0.05, 0) is 49.4 Å². The van der Waals surface area contributed by atoms with Gasteiger partial charge in [-0.25, -0.2) is 21.6 Å². The van der Waals surface area contributed by atoms with Crippen LogP contribution in [0.2, 0.25) is 25.7 Å². The van der Waals surface area contributed by atoms with Crippen LogP contribution in [0.5, 0.6) is 11.5 Å². The maximum atomic E-state index is 13.4. The van der Waals surface area contributed by atoms with Crippen LogP contribution in [0.15, 0.2) is 59.4 Å². The summed E-state index contributed by atoms with van der Waals surface area (Å²) in [5.74, 6) is 0.0393. The van der Waals surface area contributed by atoms with Gasteiger partial charge in [0.25, 0.3) is 5.56 Å². The number of para-hydroxylation sites is 1. The van der Waals surface area contributed by atoms with E-state index in [4.69, 9.17) is 14.2 Å². The van der Waals surface area contributed by atoms with Gasteiger partial charge in [0.05, 0.1) is 18.2 Å². The number of carbonyl (C=O) groups is 1. The number of esters is 1. The normalized spacial score (nSPS) is 12.3. The Labute approximate surface area is 263 Å². The summed E-state index contributed by atoms with van der Waals surface area (Å²) in [4.78, 5) is 28.5. The van der Waals surface area contributed by atoms with Gasteiger partial charge in [0, 0.05) is 43.3 Å². The summed E-state index contributed by atoms with van der Waals surface area (Å²) in [6.07, 6.45) is 0.828. The van der Waals surface area contributed by atoms with Crippen molar-refractivity contribution in [2.75, 3.05) is 29.8 Å². The molecule has 0 aliphatic carbocycles. The average molecular weight is 676 g/mol. The van der Waals surface area contributed by atoms with Crippen molar-refractivity contribution in [1.82, 2.24) is 9.55 Å². The third-order valence-corrected chi connectivity index (χ3v) is 12.0. The van der Waals surface area contributed by atoms with Crippen LogP contribution in [0.3, 0.4) is 0 Å². The topological polar surface area (TPSA) is 163 Å². The first-order valence-corrected chi connectivity index (χ1v) is 21.4. The van der Waals surface area contributed by atoms with E-state index in [2.05, 4.69) is 29.3 Å². The van der Waals surface area contributed by atoms with E-state index in [1.807, 2.05) is 6.07 Å². The Morgan fingerprint density at radius 1 is 1.02 bits per heavy atom. The lowest BCUT2D eigenvalue weighted by atomic mass is 10.0. The molecule has 0 aliphatic heterocycles. The smallest absolute Gasteiger partial charge is 0.354 e. The van der Waals surface area contributed by atoms with Crippen molar-refractivity contribution in [2.45, 2.75) is 39.3 Å². The summed E-state index contributed by atoms with van der Waals surface area (Å²) < 4.78 is 70.3. The van der Waals surface area contributed by atoms with E-state index in [0.717, 1.165) is 12.3 Å². The molecule has 4 rings (SSSR count). The molecule has 0 spiro atoms. The number of carbonyl (C=O) groups excluding carboxylic acids is 1. The van der Waals surface area contributed by atoms with E-state index >= 15 is 0 Å². The Balaban J connectivity index is 1.98. The predicted octanol–water partition coefficient (Wildman–Crippen LogP) is 4.94. The van der Waals surface area contributed by atoms with Crippen LogP contribution in [0.4, 0.5) is 5.69 Å². The number of methoxy groups -OCH3 is 1. The van der Waals surface area contributed by atoms with Crippen LogP contribution in [-0.4, -0.2) is 65.5 Å². The van der Waals surface area contributed by atoms with E-state index in [1.54, 1.807) is 41.8 Å². The van der Waals surface area contributed by atoms with Gasteiger partial charge in [-0.3, -0.25) is 9.52 Å².